The molecule has 1 atom stereocenters. The summed E-state index contributed by atoms with van der Waals surface area (Å²) in [4.78, 5) is 21.6. The summed E-state index contributed by atoms with van der Waals surface area (Å²) < 4.78 is 12.5. The van der Waals surface area contributed by atoms with Crippen LogP contribution in [0.1, 0.15) is 10.4 Å². The number of aliphatic hydroxyl groups excluding tert-OH is 1. The van der Waals surface area contributed by atoms with Crippen molar-refractivity contribution in [2.45, 2.75) is 6.10 Å². The number of halogens is 1. The Bertz CT molecular complexity index is 390. The normalized spacial score (nSPS) is 11.9. The smallest absolute Gasteiger partial charge is 0.334 e. The number of aliphatic carboxylic acids is 1. The van der Waals surface area contributed by atoms with E-state index in [1.165, 1.54) is 12.1 Å². The Morgan fingerprint density at radius 3 is 2.38 bits per heavy atom. The number of carboxylic acid groups (broad SMARTS) is 1. The molecule has 1 aromatic rings. The van der Waals surface area contributed by atoms with Crippen molar-refractivity contribution in [3.63, 3.8) is 0 Å². The Morgan fingerprint density at radius 1 is 1.31 bits per heavy atom. The van der Waals surface area contributed by atoms with Gasteiger partial charge in [0.15, 0.2) is 6.10 Å². The van der Waals surface area contributed by atoms with E-state index in [2.05, 4.69) is 5.32 Å². The van der Waals surface area contributed by atoms with E-state index >= 15 is 0 Å². The number of carbonyl (C=O) groups is 2. The second kappa shape index (κ2) is 5.22. The van der Waals surface area contributed by atoms with Gasteiger partial charge in [-0.05, 0) is 24.3 Å². The first-order valence-corrected chi connectivity index (χ1v) is 4.45. The maximum Gasteiger partial charge on any atom is 0.334 e. The SMILES string of the molecule is O=C(NC[C@H](O)C(=O)O)c1ccc(F)cc1. The van der Waals surface area contributed by atoms with Crippen LogP contribution in [0.4, 0.5) is 4.39 Å². The van der Waals surface area contributed by atoms with Crippen molar-refractivity contribution in [2.24, 2.45) is 0 Å². The van der Waals surface area contributed by atoms with Crippen LogP contribution in [0.2, 0.25) is 0 Å². The highest BCUT2D eigenvalue weighted by Gasteiger charge is 2.14. The number of hydrogen-bond acceptors (Lipinski definition) is 3. The van der Waals surface area contributed by atoms with E-state index in [4.69, 9.17) is 10.2 Å². The van der Waals surface area contributed by atoms with Crippen molar-refractivity contribution in [3.05, 3.63) is 35.6 Å². The van der Waals surface area contributed by atoms with Crippen molar-refractivity contribution in [1.29, 1.82) is 0 Å². The van der Waals surface area contributed by atoms with Crippen LogP contribution in [0.25, 0.3) is 0 Å². The standard InChI is InChI=1S/C10H10FNO4/c11-7-3-1-6(2-4-7)9(14)12-5-8(13)10(15)16/h1-4,8,13H,5H2,(H,12,14)(H,15,16)/t8-/m0/s1. The zero-order chi connectivity index (χ0) is 12.1. The Kier molecular flexibility index (Phi) is 3.96. The van der Waals surface area contributed by atoms with E-state index in [0.29, 0.717) is 0 Å². The average Bonchev–Trinajstić information content (AvgIpc) is 2.26. The van der Waals surface area contributed by atoms with Crippen molar-refractivity contribution < 1.29 is 24.2 Å². The number of amides is 1. The Balaban J connectivity index is 2.53. The molecule has 0 aromatic heterocycles. The van der Waals surface area contributed by atoms with Gasteiger partial charge in [-0.1, -0.05) is 0 Å². The van der Waals surface area contributed by atoms with E-state index in [9.17, 15) is 14.0 Å². The summed E-state index contributed by atoms with van der Waals surface area (Å²) >= 11 is 0. The average molecular weight is 227 g/mol. The first kappa shape index (κ1) is 12.1. The number of nitrogens with one attached hydrogen (secondary N) is 1. The molecule has 1 aromatic carbocycles. The summed E-state index contributed by atoms with van der Waals surface area (Å²) in [7, 11) is 0. The van der Waals surface area contributed by atoms with Gasteiger partial charge in [0.05, 0.1) is 6.54 Å². The molecule has 1 rings (SSSR count). The van der Waals surface area contributed by atoms with Gasteiger partial charge in [-0.3, -0.25) is 4.79 Å². The molecule has 0 aliphatic carbocycles. The monoisotopic (exact) mass is 227 g/mol. The summed E-state index contributed by atoms with van der Waals surface area (Å²) in [6.45, 7) is -0.397. The molecule has 0 saturated heterocycles. The number of aliphatic hydroxyl groups is 1. The van der Waals surface area contributed by atoms with E-state index in [-0.39, 0.29) is 5.56 Å². The van der Waals surface area contributed by atoms with E-state index < -0.39 is 30.3 Å². The lowest BCUT2D eigenvalue weighted by atomic mass is 10.2. The first-order valence-electron chi connectivity index (χ1n) is 4.45. The zero-order valence-electron chi connectivity index (χ0n) is 8.18. The molecule has 0 heterocycles. The van der Waals surface area contributed by atoms with Crippen molar-refractivity contribution in [3.8, 4) is 0 Å². The highest BCUT2D eigenvalue weighted by Crippen LogP contribution is 2.02. The van der Waals surface area contributed by atoms with E-state index in [1.54, 1.807) is 0 Å². The molecule has 0 fully saturated rings. The molecule has 0 aliphatic heterocycles. The molecule has 0 unspecified atom stereocenters. The maximum atomic E-state index is 12.5. The summed E-state index contributed by atoms with van der Waals surface area (Å²) in [5, 5.41) is 19.5. The minimum atomic E-state index is -1.65. The molecule has 1 amide bonds. The van der Waals surface area contributed by atoms with Crippen LogP contribution in [0, 0.1) is 5.82 Å². The molecule has 6 heteroatoms. The second-order valence-corrected chi connectivity index (χ2v) is 3.07. The summed E-state index contributed by atoms with van der Waals surface area (Å²) in [6, 6.07) is 4.75. The molecular weight excluding hydrogens is 217 g/mol. The van der Waals surface area contributed by atoms with E-state index in [1.807, 2.05) is 0 Å². The van der Waals surface area contributed by atoms with Gasteiger partial charge in [-0.15, -0.1) is 0 Å². The number of carboxylic acids is 1. The largest absolute Gasteiger partial charge is 0.479 e. The number of benzene rings is 1. The van der Waals surface area contributed by atoms with Gasteiger partial charge in [0, 0.05) is 5.56 Å². The van der Waals surface area contributed by atoms with Crippen LogP contribution in [-0.2, 0) is 4.79 Å². The van der Waals surface area contributed by atoms with Gasteiger partial charge in [-0.25, -0.2) is 9.18 Å². The van der Waals surface area contributed by atoms with Gasteiger partial charge < -0.3 is 15.5 Å². The highest BCUT2D eigenvalue weighted by molar-refractivity contribution is 5.94. The molecule has 0 radical (unpaired) electrons. The minimum Gasteiger partial charge on any atom is -0.479 e. The maximum absolute atomic E-state index is 12.5. The molecule has 0 aliphatic rings. The highest BCUT2D eigenvalue weighted by atomic mass is 19.1. The molecule has 86 valence electrons. The van der Waals surface area contributed by atoms with Gasteiger partial charge >= 0.3 is 5.97 Å². The molecule has 0 spiro atoms. The van der Waals surface area contributed by atoms with Crippen LogP contribution in [0.15, 0.2) is 24.3 Å². The second-order valence-electron chi connectivity index (χ2n) is 3.07. The van der Waals surface area contributed by atoms with Crippen LogP contribution in [0.3, 0.4) is 0 Å². The number of carbonyl (C=O) groups excluding carboxylic acids is 1. The van der Waals surface area contributed by atoms with Crippen molar-refractivity contribution in [2.75, 3.05) is 6.54 Å². The van der Waals surface area contributed by atoms with Crippen molar-refractivity contribution in [1.82, 2.24) is 5.32 Å². The predicted octanol–water partition coefficient (Wildman–Crippen LogP) is 0.001000. The lowest BCUT2D eigenvalue weighted by molar-refractivity contribution is -0.146. The van der Waals surface area contributed by atoms with Gasteiger partial charge in [0.25, 0.3) is 5.91 Å². The van der Waals surface area contributed by atoms with Crippen LogP contribution < -0.4 is 5.32 Å². The van der Waals surface area contributed by atoms with Gasteiger partial charge in [-0.2, -0.15) is 0 Å². The predicted molar refractivity (Wildman–Crippen MR) is 52.4 cm³/mol. The molecule has 3 N–H and O–H groups in total. The molecular formula is C10H10FNO4. The van der Waals surface area contributed by atoms with Crippen LogP contribution in [0.5, 0.6) is 0 Å². The first-order chi connectivity index (χ1) is 7.50. The lowest BCUT2D eigenvalue weighted by Crippen LogP contribution is -2.36. The topological polar surface area (TPSA) is 86.6 Å². The Labute approximate surface area is 90.5 Å². The van der Waals surface area contributed by atoms with Gasteiger partial charge in [0.2, 0.25) is 0 Å². The number of rotatable bonds is 4. The number of hydrogen-bond donors (Lipinski definition) is 3. The Morgan fingerprint density at radius 2 is 1.88 bits per heavy atom. The summed E-state index contributed by atoms with van der Waals surface area (Å²) in [5.74, 6) is -2.46. The summed E-state index contributed by atoms with van der Waals surface area (Å²) in [6.07, 6.45) is -1.65. The van der Waals surface area contributed by atoms with Gasteiger partial charge in [0.1, 0.15) is 5.82 Å². The minimum absolute atomic E-state index is 0.194. The molecule has 5 nitrogen and oxygen atoms in total. The van der Waals surface area contributed by atoms with Crippen LogP contribution in [-0.4, -0.2) is 34.7 Å². The lowest BCUT2D eigenvalue weighted by Gasteiger charge is -2.07. The Hall–Kier alpha value is -1.95. The van der Waals surface area contributed by atoms with Crippen molar-refractivity contribution >= 4 is 11.9 Å². The molecule has 0 bridgehead atoms. The third kappa shape index (κ3) is 3.32. The fourth-order valence-electron chi connectivity index (χ4n) is 0.980. The molecule has 16 heavy (non-hydrogen) atoms. The fraction of sp³-hybridized carbons (Fsp3) is 0.200. The van der Waals surface area contributed by atoms with Crippen LogP contribution >= 0.6 is 0 Å². The molecule has 0 saturated carbocycles. The third-order valence-electron chi connectivity index (χ3n) is 1.85. The third-order valence-corrected chi connectivity index (χ3v) is 1.85. The summed E-state index contributed by atoms with van der Waals surface area (Å²) in [5.41, 5.74) is 0.194. The zero-order valence-corrected chi connectivity index (χ0v) is 8.18. The quantitative estimate of drug-likeness (QED) is 0.675. The van der Waals surface area contributed by atoms with E-state index in [0.717, 1.165) is 12.1 Å². The fourth-order valence-corrected chi connectivity index (χ4v) is 0.980.